The van der Waals surface area contributed by atoms with E-state index >= 15 is 0 Å². The van der Waals surface area contributed by atoms with Crippen LogP contribution in [-0.4, -0.2) is 42.3 Å². The number of para-hydroxylation sites is 1. The number of nitrogens with zero attached hydrogens (tertiary/aromatic N) is 2. The molecule has 1 fully saturated rings. The Kier molecular flexibility index (Phi) is 5.18. The zero-order valence-corrected chi connectivity index (χ0v) is 14.7. The highest BCUT2D eigenvalue weighted by molar-refractivity contribution is 7.98. The van der Waals surface area contributed by atoms with Crippen LogP contribution in [0.4, 0.5) is 10.1 Å². The quantitative estimate of drug-likeness (QED) is 0.611. The zero-order valence-electron chi connectivity index (χ0n) is 13.0. The zero-order chi connectivity index (χ0) is 16.2. The Morgan fingerprint density at radius 3 is 2.26 bits per heavy atom. The Balaban J connectivity index is 1.64. The van der Waals surface area contributed by atoms with Crippen LogP contribution >= 0.6 is 24.0 Å². The molecule has 120 valence electrons. The largest absolute Gasteiger partial charge is 0.366 e. The number of piperazine rings is 1. The van der Waals surface area contributed by atoms with Gasteiger partial charge in [0.05, 0.1) is 5.69 Å². The number of benzene rings is 2. The van der Waals surface area contributed by atoms with Crippen LogP contribution in [-0.2, 0) is 0 Å². The van der Waals surface area contributed by atoms with Crippen LogP contribution in [0.15, 0.2) is 53.4 Å². The lowest BCUT2D eigenvalue weighted by Crippen LogP contribution is -2.48. The molecular weight excluding hydrogens is 327 g/mol. The van der Waals surface area contributed by atoms with E-state index in [9.17, 15) is 4.39 Å². The van der Waals surface area contributed by atoms with E-state index in [1.165, 1.54) is 11.0 Å². The molecule has 2 nitrogen and oxygen atoms in total. The minimum absolute atomic E-state index is 0.156. The lowest BCUT2D eigenvalue weighted by atomic mass is 10.2. The molecule has 1 aliphatic heterocycles. The fourth-order valence-electron chi connectivity index (χ4n) is 2.77. The van der Waals surface area contributed by atoms with Crippen molar-refractivity contribution in [2.24, 2.45) is 0 Å². The number of hydrogen-bond donors (Lipinski definition) is 0. The minimum Gasteiger partial charge on any atom is -0.366 e. The molecule has 1 aliphatic rings. The van der Waals surface area contributed by atoms with E-state index < -0.39 is 0 Å². The maximum atomic E-state index is 13.9. The molecule has 5 heteroatoms. The first kappa shape index (κ1) is 16.3. The molecule has 2 aromatic rings. The average molecular weight is 346 g/mol. The predicted molar refractivity (Wildman–Crippen MR) is 100 cm³/mol. The van der Waals surface area contributed by atoms with Crippen LogP contribution < -0.4 is 4.90 Å². The summed E-state index contributed by atoms with van der Waals surface area (Å²) < 4.78 is 13.9. The van der Waals surface area contributed by atoms with Gasteiger partial charge in [0.2, 0.25) is 0 Å². The van der Waals surface area contributed by atoms with Crippen molar-refractivity contribution >= 4 is 34.7 Å². The molecule has 0 N–H and O–H groups in total. The molecule has 3 rings (SSSR count). The van der Waals surface area contributed by atoms with Crippen molar-refractivity contribution in [3.05, 3.63) is 59.9 Å². The van der Waals surface area contributed by atoms with Gasteiger partial charge in [-0.3, -0.25) is 0 Å². The molecule has 0 bridgehead atoms. The molecule has 0 atom stereocenters. The highest BCUT2D eigenvalue weighted by Crippen LogP contribution is 2.21. The van der Waals surface area contributed by atoms with E-state index in [0.717, 1.165) is 36.7 Å². The topological polar surface area (TPSA) is 6.48 Å². The maximum Gasteiger partial charge on any atom is 0.146 e. The van der Waals surface area contributed by atoms with Crippen molar-refractivity contribution in [2.45, 2.75) is 4.90 Å². The second-order valence-electron chi connectivity index (χ2n) is 5.46. The maximum absolute atomic E-state index is 13.9. The summed E-state index contributed by atoms with van der Waals surface area (Å²) in [5.41, 5.74) is 1.76. The van der Waals surface area contributed by atoms with Gasteiger partial charge < -0.3 is 9.80 Å². The Labute approximate surface area is 146 Å². The van der Waals surface area contributed by atoms with Gasteiger partial charge in [-0.05, 0) is 30.5 Å². The summed E-state index contributed by atoms with van der Waals surface area (Å²) in [6.45, 7) is 3.20. The monoisotopic (exact) mass is 346 g/mol. The molecule has 0 unspecified atom stereocenters. The molecule has 0 saturated carbocycles. The number of thioether (sulfide) groups is 1. The minimum atomic E-state index is -0.156. The van der Waals surface area contributed by atoms with Gasteiger partial charge in [0.25, 0.3) is 0 Å². The van der Waals surface area contributed by atoms with Gasteiger partial charge in [-0.2, -0.15) is 0 Å². The molecule has 0 aromatic heterocycles. The summed E-state index contributed by atoms with van der Waals surface area (Å²) >= 11 is 7.35. The fourth-order valence-corrected chi connectivity index (χ4v) is 3.50. The second kappa shape index (κ2) is 7.32. The SMILES string of the molecule is CSc1ccc(C(=S)N2CCN(c3ccccc3F)CC2)cc1. The number of thiocarbonyl (C=S) groups is 1. The van der Waals surface area contributed by atoms with E-state index in [4.69, 9.17) is 12.2 Å². The third-order valence-corrected chi connectivity index (χ3v) is 5.33. The van der Waals surface area contributed by atoms with Crippen molar-refractivity contribution in [2.75, 3.05) is 37.3 Å². The molecule has 0 radical (unpaired) electrons. The van der Waals surface area contributed by atoms with Crippen LogP contribution in [0.3, 0.4) is 0 Å². The van der Waals surface area contributed by atoms with Crippen LogP contribution in [0.25, 0.3) is 0 Å². The van der Waals surface area contributed by atoms with Gasteiger partial charge in [0.15, 0.2) is 0 Å². The van der Waals surface area contributed by atoms with Crippen molar-refractivity contribution in [3.63, 3.8) is 0 Å². The first-order valence-electron chi connectivity index (χ1n) is 7.62. The summed E-state index contributed by atoms with van der Waals surface area (Å²) in [6.07, 6.45) is 2.06. The van der Waals surface area contributed by atoms with Crippen LogP contribution in [0.5, 0.6) is 0 Å². The number of hydrogen-bond acceptors (Lipinski definition) is 3. The van der Waals surface area contributed by atoms with Crippen LogP contribution in [0.2, 0.25) is 0 Å². The van der Waals surface area contributed by atoms with Crippen molar-refractivity contribution in [1.29, 1.82) is 0 Å². The number of rotatable bonds is 3. The van der Waals surface area contributed by atoms with Gasteiger partial charge in [0.1, 0.15) is 10.8 Å². The molecule has 0 spiro atoms. The van der Waals surface area contributed by atoms with Gasteiger partial charge >= 0.3 is 0 Å². The van der Waals surface area contributed by atoms with Crippen molar-refractivity contribution in [1.82, 2.24) is 4.90 Å². The molecule has 1 saturated heterocycles. The van der Waals surface area contributed by atoms with E-state index in [1.54, 1.807) is 17.8 Å². The Bertz CT molecular complexity index is 680. The molecule has 1 heterocycles. The first-order valence-corrected chi connectivity index (χ1v) is 9.25. The predicted octanol–water partition coefficient (Wildman–Crippen LogP) is 4.05. The molecule has 0 aliphatic carbocycles. The summed E-state index contributed by atoms with van der Waals surface area (Å²) in [7, 11) is 0. The molecule has 23 heavy (non-hydrogen) atoms. The van der Waals surface area contributed by atoms with Gasteiger partial charge in [-0.1, -0.05) is 36.5 Å². The van der Waals surface area contributed by atoms with E-state index in [1.807, 2.05) is 12.1 Å². The van der Waals surface area contributed by atoms with Gasteiger partial charge in [-0.15, -0.1) is 11.8 Å². The van der Waals surface area contributed by atoms with Crippen LogP contribution in [0.1, 0.15) is 5.56 Å². The number of halogens is 1. The Morgan fingerprint density at radius 1 is 1.00 bits per heavy atom. The third-order valence-electron chi connectivity index (χ3n) is 4.10. The summed E-state index contributed by atoms with van der Waals surface area (Å²) in [4.78, 5) is 6.42. The average Bonchev–Trinajstić information content (AvgIpc) is 2.62. The number of anilines is 1. The molecular formula is C18H19FN2S2. The third kappa shape index (κ3) is 3.67. The van der Waals surface area contributed by atoms with E-state index in [2.05, 4.69) is 40.3 Å². The van der Waals surface area contributed by atoms with Crippen molar-refractivity contribution < 1.29 is 4.39 Å². The summed E-state index contributed by atoms with van der Waals surface area (Å²) in [5, 5.41) is 0. The Morgan fingerprint density at radius 2 is 1.65 bits per heavy atom. The molecule has 0 amide bonds. The van der Waals surface area contributed by atoms with Crippen LogP contribution in [0, 0.1) is 5.82 Å². The normalized spacial score (nSPS) is 14.9. The van der Waals surface area contributed by atoms with Gasteiger partial charge in [0, 0.05) is 36.6 Å². The summed E-state index contributed by atoms with van der Waals surface area (Å²) in [6, 6.07) is 15.3. The highest BCUT2D eigenvalue weighted by Gasteiger charge is 2.21. The fraction of sp³-hybridized carbons (Fsp3) is 0.278. The standard InChI is InChI=1S/C18H19FN2S2/c1-23-15-8-6-14(7-9-15)18(22)21-12-10-20(11-13-21)17-5-3-2-4-16(17)19/h2-9H,10-13H2,1H3. The van der Waals surface area contributed by atoms with Crippen molar-refractivity contribution in [3.8, 4) is 0 Å². The Hall–Kier alpha value is -1.59. The van der Waals surface area contributed by atoms with Gasteiger partial charge in [-0.25, -0.2) is 4.39 Å². The second-order valence-corrected chi connectivity index (χ2v) is 6.73. The van der Waals surface area contributed by atoms with E-state index in [0.29, 0.717) is 5.69 Å². The smallest absolute Gasteiger partial charge is 0.146 e. The molecule has 2 aromatic carbocycles. The summed E-state index contributed by atoms with van der Waals surface area (Å²) in [5.74, 6) is -0.156. The first-order chi connectivity index (χ1) is 11.2. The highest BCUT2D eigenvalue weighted by atomic mass is 32.2. The van der Waals surface area contributed by atoms with E-state index in [-0.39, 0.29) is 5.82 Å². The lowest BCUT2D eigenvalue weighted by molar-refractivity contribution is 0.390. The lowest BCUT2D eigenvalue weighted by Gasteiger charge is -2.37.